The van der Waals surface area contributed by atoms with E-state index in [1.54, 1.807) is 18.2 Å². The summed E-state index contributed by atoms with van der Waals surface area (Å²) in [6.07, 6.45) is 1.40. The second-order valence-electron chi connectivity index (χ2n) is 3.02. The predicted octanol–water partition coefficient (Wildman–Crippen LogP) is 3.02. The molecule has 2 rings (SSSR count). The van der Waals surface area contributed by atoms with Crippen molar-refractivity contribution < 1.29 is 9.15 Å². The van der Waals surface area contributed by atoms with Crippen LogP contribution in [-0.2, 0) is 6.61 Å². The molecule has 0 bridgehead atoms. The van der Waals surface area contributed by atoms with Gasteiger partial charge in [-0.1, -0.05) is 11.6 Å². The van der Waals surface area contributed by atoms with E-state index in [4.69, 9.17) is 20.8 Å². The van der Waals surface area contributed by atoms with Gasteiger partial charge in [-0.25, -0.2) is 4.98 Å². The molecule has 0 spiro atoms. The number of hydrogen-bond donors (Lipinski definition) is 0. The fourth-order valence-corrected chi connectivity index (χ4v) is 1.21. The number of ether oxygens (including phenoxy) is 1. The Balaban J connectivity index is 1.99. The molecule has 2 aromatic rings. The van der Waals surface area contributed by atoms with Crippen LogP contribution in [0.5, 0.6) is 5.75 Å². The van der Waals surface area contributed by atoms with Crippen molar-refractivity contribution in [3.8, 4) is 5.75 Å². The van der Waals surface area contributed by atoms with Crippen molar-refractivity contribution in [2.75, 3.05) is 0 Å². The molecule has 1 heterocycles. The topological polar surface area (TPSA) is 35.3 Å². The Hall–Kier alpha value is -1.48. The van der Waals surface area contributed by atoms with Crippen molar-refractivity contribution in [2.24, 2.45) is 0 Å². The molecule has 0 saturated carbocycles. The van der Waals surface area contributed by atoms with E-state index in [0.29, 0.717) is 17.4 Å². The van der Waals surface area contributed by atoms with Crippen LogP contribution >= 0.6 is 11.6 Å². The molecule has 15 heavy (non-hydrogen) atoms. The number of benzene rings is 1. The second kappa shape index (κ2) is 4.36. The standard InChI is InChI=1S/C11H9ClNO2/c1-8-11(15-7-13-8)6-14-10-4-2-9(12)3-5-10/h2-4,7H,6H2,1H3. The number of aromatic nitrogens is 1. The predicted molar refractivity (Wildman–Crippen MR) is 55.9 cm³/mol. The summed E-state index contributed by atoms with van der Waals surface area (Å²) in [7, 11) is 0. The van der Waals surface area contributed by atoms with E-state index in [-0.39, 0.29) is 0 Å². The van der Waals surface area contributed by atoms with Gasteiger partial charge in [0.15, 0.2) is 12.2 Å². The third-order valence-corrected chi connectivity index (χ3v) is 2.18. The Morgan fingerprint density at radius 2 is 2.40 bits per heavy atom. The number of nitrogens with zero attached hydrogens (tertiary/aromatic N) is 1. The zero-order valence-electron chi connectivity index (χ0n) is 8.16. The number of halogens is 1. The molecule has 77 valence electrons. The fraction of sp³-hybridized carbons (Fsp3) is 0.182. The van der Waals surface area contributed by atoms with Crippen molar-refractivity contribution >= 4 is 11.6 Å². The molecule has 1 aromatic carbocycles. The van der Waals surface area contributed by atoms with E-state index in [9.17, 15) is 0 Å². The monoisotopic (exact) mass is 222 g/mol. The number of rotatable bonds is 3. The molecule has 0 saturated heterocycles. The van der Waals surface area contributed by atoms with Gasteiger partial charge in [-0.15, -0.1) is 0 Å². The number of aryl methyl sites for hydroxylation is 1. The maximum atomic E-state index is 5.72. The highest BCUT2D eigenvalue weighted by Crippen LogP contribution is 2.16. The van der Waals surface area contributed by atoms with Crippen LogP contribution < -0.4 is 4.74 Å². The first kappa shape index (κ1) is 10.1. The Bertz CT molecular complexity index is 436. The molecule has 0 aliphatic carbocycles. The molecule has 0 aliphatic heterocycles. The molecule has 1 aromatic heterocycles. The molecule has 0 aliphatic rings. The summed E-state index contributed by atoms with van der Waals surface area (Å²) in [5.41, 5.74) is 0.837. The minimum Gasteiger partial charge on any atom is -0.485 e. The van der Waals surface area contributed by atoms with Crippen LogP contribution in [0.1, 0.15) is 11.5 Å². The van der Waals surface area contributed by atoms with Crippen molar-refractivity contribution in [3.05, 3.63) is 47.1 Å². The summed E-state index contributed by atoms with van der Waals surface area (Å²) in [5.74, 6) is 1.36. The van der Waals surface area contributed by atoms with Gasteiger partial charge in [0.25, 0.3) is 0 Å². The van der Waals surface area contributed by atoms with Crippen molar-refractivity contribution in [2.45, 2.75) is 13.5 Å². The van der Waals surface area contributed by atoms with Gasteiger partial charge in [0, 0.05) is 11.1 Å². The highest BCUT2D eigenvalue weighted by atomic mass is 35.5. The maximum Gasteiger partial charge on any atom is 0.181 e. The van der Waals surface area contributed by atoms with Gasteiger partial charge in [0.1, 0.15) is 12.4 Å². The first-order valence-electron chi connectivity index (χ1n) is 4.45. The van der Waals surface area contributed by atoms with Crippen LogP contribution in [0.25, 0.3) is 0 Å². The van der Waals surface area contributed by atoms with E-state index in [0.717, 1.165) is 11.5 Å². The minimum absolute atomic E-state index is 0.351. The summed E-state index contributed by atoms with van der Waals surface area (Å²) in [6, 6.07) is 8.07. The summed E-state index contributed by atoms with van der Waals surface area (Å²) in [4.78, 5) is 3.97. The van der Waals surface area contributed by atoms with Gasteiger partial charge in [-0.2, -0.15) is 0 Å². The van der Waals surface area contributed by atoms with E-state index < -0.39 is 0 Å². The average Bonchev–Trinajstić information content (AvgIpc) is 2.63. The van der Waals surface area contributed by atoms with E-state index in [1.165, 1.54) is 6.39 Å². The summed E-state index contributed by atoms with van der Waals surface area (Å²) in [6.45, 7) is 2.22. The van der Waals surface area contributed by atoms with Gasteiger partial charge < -0.3 is 9.15 Å². The van der Waals surface area contributed by atoms with Crippen LogP contribution in [0, 0.1) is 13.0 Å². The van der Waals surface area contributed by atoms with E-state index >= 15 is 0 Å². The minimum atomic E-state index is 0.351. The van der Waals surface area contributed by atoms with Gasteiger partial charge in [0.2, 0.25) is 0 Å². The second-order valence-corrected chi connectivity index (χ2v) is 3.46. The lowest BCUT2D eigenvalue weighted by Crippen LogP contribution is -1.95. The lowest BCUT2D eigenvalue weighted by molar-refractivity contribution is 0.268. The number of hydrogen-bond acceptors (Lipinski definition) is 3. The Morgan fingerprint density at radius 3 is 3.00 bits per heavy atom. The molecule has 0 N–H and O–H groups in total. The van der Waals surface area contributed by atoms with E-state index in [2.05, 4.69) is 11.1 Å². The molecule has 1 radical (unpaired) electrons. The Morgan fingerprint density at radius 1 is 1.53 bits per heavy atom. The lowest BCUT2D eigenvalue weighted by atomic mass is 10.3. The normalized spacial score (nSPS) is 10.3. The maximum absolute atomic E-state index is 5.72. The van der Waals surface area contributed by atoms with Crippen LogP contribution in [0.15, 0.2) is 29.0 Å². The molecular formula is C11H9ClNO2. The zero-order valence-corrected chi connectivity index (χ0v) is 8.91. The fourth-order valence-electron chi connectivity index (χ4n) is 1.09. The quantitative estimate of drug-likeness (QED) is 0.801. The molecule has 3 nitrogen and oxygen atoms in total. The summed E-state index contributed by atoms with van der Waals surface area (Å²) >= 11 is 5.72. The van der Waals surface area contributed by atoms with Gasteiger partial charge in [0.05, 0.1) is 5.69 Å². The third kappa shape index (κ3) is 2.50. The van der Waals surface area contributed by atoms with Crippen molar-refractivity contribution in [1.29, 1.82) is 0 Å². The number of oxazole rings is 1. The van der Waals surface area contributed by atoms with Crippen LogP contribution in [0.3, 0.4) is 0 Å². The van der Waals surface area contributed by atoms with Gasteiger partial charge >= 0.3 is 0 Å². The smallest absolute Gasteiger partial charge is 0.181 e. The third-order valence-electron chi connectivity index (χ3n) is 1.95. The zero-order chi connectivity index (χ0) is 10.7. The van der Waals surface area contributed by atoms with E-state index in [1.807, 2.05) is 6.92 Å². The Kier molecular flexibility index (Phi) is 2.92. The largest absolute Gasteiger partial charge is 0.485 e. The first-order chi connectivity index (χ1) is 7.25. The summed E-state index contributed by atoms with van der Waals surface area (Å²) in [5, 5.41) is 0.637. The molecule has 0 amide bonds. The average molecular weight is 223 g/mol. The molecule has 4 heteroatoms. The molecule has 0 unspecified atom stereocenters. The first-order valence-corrected chi connectivity index (χ1v) is 4.82. The molecule has 0 fully saturated rings. The van der Waals surface area contributed by atoms with Crippen LogP contribution in [0.4, 0.5) is 0 Å². The van der Waals surface area contributed by atoms with Crippen molar-refractivity contribution in [1.82, 2.24) is 4.98 Å². The lowest BCUT2D eigenvalue weighted by Gasteiger charge is -2.03. The van der Waals surface area contributed by atoms with Crippen LogP contribution in [-0.4, -0.2) is 4.98 Å². The summed E-state index contributed by atoms with van der Waals surface area (Å²) < 4.78 is 10.6. The Labute approximate surface area is 92.6 Å². The molecular weight excluding hydrogens is 214 g/mol. The van der Waals surface area contributed by atoms with Gasteiger partial charge in [-0.05, 0) is 25.1 Å². The van der Waals surface area contributed by atoms with Gasteiger partial charge in [-0.3, -0.25) is 0 Å². The SMILES string of the molecule is Cc1ncoc1COc1[c]cc(Cl)cc1. The van der Waals surface area contributed by atoms with Crippen LogP contribution in [0.2, 0.25) is 5.02 Å². The highest BCUT2D eigenvalue weighted by molar-refractivity contribution is 6.30. The molecule has 0 atom stereocenters. The van der Waals surface area contributed by atoms with Crippen molar-refractivity contribution in [3.63, 3.8) is 0 Å². The highest BCUT2D eigenvalue weighted by Gasteiger charge is 2.04.